The third kappa shape index (κ3) is 3.15. The molecule has 0 bridgehead atoms. The Morgan fingerprint density at radius 2 is 1.43 bits per heavy atom. The predicted molar refractivity (Wildman–Crippen MR) is 89.5 cm³/mol. The zero-order chi connectivity index (χ0) is 16.7. The van der Waals surface area contributed by atoms with Gasteiger partial charge in [0.15, 0.2) is 0 Å². The van der Waals surface area contributed by atoms with E-state index in [1.54, 1.807) is 0 Å². The van der Waals surface area contributed by atoms with Crippen LogP contribution in [0.25, 0.3) is 0 Å². The zero-order valence-corrected chi connectivity index (χ0v) is 13.9. The van der Waals surface area contributed by atoms with Gasteiger partial charge in [0, 0.05) is 5.56 Å². The molecular formula is C21H20F2. The van der Waals surface area contributed by atoms with Crippen molar-refractivity contribution in [1.82, 2.24) is 0 Å². The molecule has 0 saturated heterocycles. The lowest BCUT2D eigenvalue weighted by atomic mass is 10.0. The maximum absolute atomic E-state index is 14.2. The Labute approximate surface area is 136 Å². The molecule has 2 aromatic rings. The highest BCUT2D eigenvalue weighted by atomic mass is 19.1. The Hall–Kier alpha value is -2.14. The van der Waals surface area contributed by atoms with Crippen molar-refractivity contribution in [3.05, 3.63) is 69.3 Å². The number of benzene rings is 2. The highest BCUT2D eigenvalue weighted by molar-refractivity contribution is 5.50. The quantitative estimate of drug-likeness (QED) is 0.618. The first-order valence-corrected chi connectivity index (χ1v) is 7.95. The average Bonchev–Trinajstić information content (AvgIpc) is 3.20. The van der Waals surface area contributed by atoms with Gasteiger partial charge >= 0.3 is 0 Å². The Morgan fingerprint density at radius 1 is 0.870 bits per heavy atom. The van der Waals surface area contributed by atoms with E-state index in [2.05, 4.69) is 18.8 Å². The van der Waals surface area contributed by atoms with Gasteiger partial charge < -0.3 is 0 Å². The minimum absolute atomic E-state index is 0.139. The third-order valence-corrected chi connectivity index (χ3v) is 4.76. The molecule has 118 valence electrons. The maximum Gasteiger partial charge on any atom is 0.142 e. The molecule has 0 spiro atoms. The van der Waals surface area contributed by atoms with E-state index in [9.17, 15) is 8.78 Å². The van der Waals surface area contributed by atoms with Crippen molar-refractivity contribution in [3.63, 3.8) is 0 Å². The normalized spacial score (nSPS) is 19.2. The van der Waals surface area contributed by atoms with E-state index >= 15 is 0 Å². The zero-order valence-electron chi connectivity index (χ0n) is 13.9. The SMILES string of the molecule is Cc1cc(C)c(C#Cc2c(F)cc(C3CC3C)cc2F)cc1C. The Bertz CT molecular complexity index is 814. The molecule has 2 heteroatoms. The van der Waals surface area contributed by atoms with Gasteiger partial charge in [-0.2, -0.15) is 0 Å². The smallest absolute Gasteiger partial charge is 0.142 e. The van der Waals surface area contributed by atoms with E-state index < -0.39 is 11.6 Å². The number of hydrogen-bond acceptors (Lipinski definition) is 0. The molecule has 0 aliphatic heterocycles. The molecule has 0 heterocycles. The van der Waals surface area contributed by atoms with Crippen molar-refractivity contribution in [2.24, 2.45) is 5.92 Å². The van der Waals surface area contributed by atoms with Crippen molar-refractivity contribution in [1.29, 1.82) is 0 Å². The van der Waals surface area contributed by atoms with Gasteiger partial charge in [0.05, 0.1) is 5.56 Å². The molecule has 0 nitrogen and oxygen atoms in total. The first-order valence-electron chi connectivity index (χ1n) is 7.95. The van der Waals surface area contributed by atoms with Crippen molar-refractivity contribution < 1.29 is 8.78 Å². The van der Waals surface area contributed by atoms with Gasteiger partial charge in [-0.3, -0.25) is 0 Å². The molecule has 0 N–H and O–H groups in total. The van der Waals surface area contributed by atoms with Gasteiger partial charge in [0.2, 0.25) is 0 Å². The van der Waals surface area contributed by atoms with E-state index in [-0.39, 0.29) is 5.56 Å². The van der Waals surface area contributed by atoms with Crippen molar-refractivity contribution in [2.75, 3.05) is 0 Å². The minimum Gasteiger partial charge on any atom is -0.206 e. The molecule has 2 unspecified atom stereocenters. The fourth-order valence-corrected chi connectivity index (χ4v) is 2.94. The predicted octanol–water partition coefficient (Wildman–Crippen LogP) is 5.41. The summed E-state index contributed by atoms with van der Waals surface area (Å²) >= 11 is 0. The van der Waals surface area contributed by atoms with E-state index in [0.717, 1.165) is 28.7 Å². The average molecular weight is 310 g/mol. The van der Waals surface area contributed by atoms with Gasteiger partial charge in [-0.15, -0.1) is 0 Å². The molecule has 0 radical (unpaired) electrons. The summed E-state index contributed by atoms with van der Waals surface area (Å²) in [6.07, 6.45) is 1.01. The molecule has 2 aromatic carbocycles. The largest absolute Gasteiger partial charge is 0.206 e. The van der Waals surface area contributed by atoms with Crippen LogP contribution in [0.5, 0.6) is 0 Å². The first kappa shape index (κ1) is 15.7. The van der Waals surface area contributed by atoms with Crippen molar-refractivity contribution in [3.8, 4) is 11.8 Å². The molecule has 1 aliphatic rings. The molecule has 23 heavy (non-hydrogen) atoms. The van der Waals surface area contributed by atoms with E-state index in [1.165, 1.54) is 17.7 Å². The summed E-state index contributed by atoms with van der Waals surface area (Å²) in [6, 6.07) is 6.89. The molecule has 2 atom stereocenters. The highest BCUT2D eigenvalue weighted by Crippen LogP contribution is 2.47. The van der Waals surface area contributed by atoms with Crippen LogP contribution in [0, 0.1) is 50.2 Å². The topological polar surface area (TPSA) is 0 Å². The monoisotopic (exact) mass is 310 g/mol. The lowest BCUT2D eigenvalue weighted by molar-refractivity contribution is 0.573. The second-order valence-corrected chi connectivity index (χ2v) is 6.68. The molecule has 1 fully saturated rings. The van der Waals surface area contributed by atoms with Crippen LogP contribution in [-0.4, -0.2) is 0 Å². The standard InChI is InChI=1S/C21H20F2/c1-12-7-14(3)16(8-13(12)2)5-6-18-20(22)10-17(11-21(18)23)19-9-15(19)4/h7-8,10-11,15,19H,9H2,1-4H3. The van der Waals surface area contributed by atoms with Gasteiger partial charge in [-0.05, 0) is 79.5 Å². The van der Waals surface area contributed by atoms with Gasteiger partial charge in [0.1, 0.15) is 11.6 Å². The van der Waals surface area contributed by atoms with Gasteiger partial charge in [-0.25, -0.2) is 8.78 Å². The Kier molecular flexibility index (Phi) is 3.98. The highest BCUT2D eigenvalue weighted by Gasteiger charge is 2.34. The van der Waals surface area contributed by atoms with Crippen LogP contribution in [0.3, 0.4) is 0 Å². The molecule has 0 aromatic heterocycles. The van der Waals surface area contributed by atoms with Crippen LogP contribution in [0.1, 0.15) is 52.6 Å². The lowest BCUT2D eigenvalue weighted by Crippen LogP contribution is -1.95. The van der Waals surface area contributed by atoms with Gasteiger partial charge in [-0.1, -0.05) is 24.8 Å². The number of rotatable bonds is 1. The van der Waals surface area contributed by atoms with Crippen molar-refractivity contribution in [2.45, 2.75) is 40.0 Å². The fraction of sp³-hybridized carbons (Fsp3) is 0.333. The Morgan fingerprint density at radius 3 is 2.00 bits per heavy atom. The molecule has 3 rings (SSSR count). The van der Waals surface area contributed by atoms with Crippen LogP contribution in [-0.2, 0) is 0 Å². The molecule has 1 saturated carbocycles. The van der Waals surface area contributed by atoms with E-state index in [1.807, 2.05) is 32.9 Å². The maximum atomic E-state index is 14.2. The first-order chi connectivity index (χ1) is 10.9. The van der Waals surface area contributed by atoms with Crippen LogP contribution in [0.2, 0.25) is 0 Å². The van der Waals surface area contributed by atoms with E-state index in [4.69, 9.17) is 0 Å². The minimum atomic E-state index is -0.562. The lowest BCUT2D eigenvalue weighted by Gasteiger charge is -2.05. The van der Waals surface area contributed by atoms with Crippen LogP contribution < -0.4 is 0 Å². The number of hydrogen-bond donors (Lipinski definition) is 0. The Balaban J connectivity index is 1.97. The summed E-state index contributed by atoms with van der Waals surface area (Å²) in [5.74, 6) is 5.29. The molecule has 0 amide bonds. The fourth-order valence-electron chi connectivity index (χ4n) is 2.94. The van der Waals surface area contributed by atoms with Crippen LogP contribution in [0.4, 0.5) is 8.78 Å². The molecular weight excluding hydrogens is 290 g/mol. The summed E-state index contributed by atoms with van der Waals surface area (Å²) in [6.45, 7) is 8.10. The summed E-state index contributed by atoms with van der Waals surface area (Å²) in [5.41, 5.74) is 4.75. The summed E-state index contributed by atoms with van der Waals surface area (Å²) < 4.78 is 28.5. The van der Waals surface area contributed by atoms with E-state index in [0.29, 0.717) is 11.8 Å². The van der Waals surface area contributed by atoms with Crippen molar-refractivity contribution >= 4 is 0 Å². The third-order valence-electron chi connectivity index (χ3n) is 4.76. The summed E-state index contributed by atoms with van der Waals surface area (Å²) in [7, 11) is 0. The van der Waals surface area contributed by atoms with Crippen LogP contribution >= 0.6 is 0 Å². The molecule has 1 aliphatic carbocycles. The summed E-state index contributed by atoms with van der Waals surface area (Å²) in [4.78, 5) is 0. The second kappa shape index (κ2) is 5.81. The van der Waals surface area contributed by atoms with Crippen LogP contribution in [0.15, 0.2) is 24.3 Å². The van der Waals surface area contributed by atoms with Gasteiger partial charge in [0.25, 0.3) is 0 Å². The number of halogens is 2. The number of aryl methyl sites for hydroxylation is 3. The summed E-state index contributed by atoms with van der Waals surface area (Å²) in [5, 5.41) is 0. The second-order valence-electron chi connectivity index (χ2n) is 6.68.